The van der Waals surface area contributed by atoms with Crippen LogP contribution in [-0.2, 0) is 0 Å². The number of carboxylic acid groups (broad SMARTS) is 1. The SMILES string of the molecule is CC(C)(C)C12CNC[C@@H]1N(C(=O)O)C2. The fourth-order valence-electron chi connectivity index (χ4n) is 2.82. The van der Waals surface area contributed by atoms with E-state index in [-0.39, 0.29) is 16.9 Å². The molecule has 2 aliphatic heterocycles. The molecule has 80 valence electrons. The lowest BCUT2D eigenvalue weighted by Gasteiger charge is -2.58. The predicted octanol–water partition coefficient (Wildman–Crippen LogP) is 0.984. The van der Waals surface area contributed by atoms with E-state index in [2.05, 4.69) is 26.1 Å². The molecule has 2 saturated heterocycles. The van der Waals surface area contributed by atoms with Gasteiger partial charge in [-0.3, -0.25) is 0 Å². The predicted molar refractivity (Wildman–Crippen MR) is 53.3 cm³/mol. The van der Waals surface area contributed by atoms with Crippen molar-refractivity contribution in [3.8, 4) is 0 Å². The van der Waals surface area contributed by atoms with Crippen molar-refractivity contribution in [1.82, 2.24) is 10.2 Å². The maximum absolute atomic E-state index is 10.9. The average Bonchev–Trinajstić information content (AvgIpc) is 2.26. The Labute approximate surface area is 84.3 Å². The second-order valence-electron chi connectivity index (χ2n) is 5.46. The van der Waals surface area contributed by atoms with E-state index in [1.165, 1.54) is 0 Å². The number of likely N-dealkylation sites (tertiary alicyclic amines) is 1. The molecule has 0 saturated carbocycles. The van der Waals surface area contributed by atoms with Gasteiger partial charge < -0.3 is 15.3 Å². The number of hydrogen-bond donors (Lipinski definition) is 2. The van der Waals surface area contributed by atoms with E-state index >= 15 is 0 Å². The topological polar surface area (TPSA) is 52.6 Å². The van der Waals surface area contributed by atoms with Crippen LogP contribution in [0.2, 0.25) is 0 Å². The lowest BCUT2D eigenvalue weighted by atomic mass is 9.58. The van der Waals surface area contributed by atoms with Crippen molar-refractivity contribution in [2.45, 2.75) is 26.8 Å². The van der Waals surface area contributed by atoms with Gasteiger partial charge in [-0.1, -0.05) is 20.8 Å². The van der Waals surface area contributed by atoms with Crippen LogP contribution in [-0.4, -0.2) is 41.8 Å². The third-order valence-electron chi connectivity index (χ3n) is 3.98. The van der Waals surface area contributed by atoms with E-state index in [4.69, 9.17) is 5.11 Å². The van der Waals surface area contributed by atoms with Gasteiger partial charge in [0.05, 0.1) is 6.04 Å². The minimum atomic E-state index is -0.779. The molecule has 2 N–H and O–H groups in total. The summed E-state index contributed by atoms with van der Waals surface area (Å²) < 4.78 is 0. The highest BCUT2D eigenvalue weighted by Crippen LogP contribution is 2.52. The first-order valence-electron chi connectivity index (χ1n) is 5.09. The minimum Gasteiger partial charge on any atom is -0.465 e. The van der Waals surface area contributed by atoms with Crippen LogP contribution >= 0.6 is 0 Å². The zero-order chi connectivity index (χ0) is 10.6. The maximum atomic E-state index is 10.9. The van der Waals surface area contributed by atoms with Crippen molar-refractivity contribution in [3.05, 3.63) is 0 Å². The van der Waals surface area contributed by atoms with Gasteiger partial charge in [-0.25, -0.2) is 4.79 Å². The van der Waals surface area contributed by atoms with E-state index in [1.54, 1.807) is 4.90 Å². The Kier molecular flexibility index (Phi) is 1.83. The Morgan fingerprint density at radius 3 is 2.71 bits per heavy atom. The summed E-state index contributed by atoms with van der Waals surface area (Å²) in [6, 6.07) is 0.181. The van der Waals surface area contributed by atoms with Crippen LogP contribution in [0.4, 0.5) is 4.79 Å². The molecule has 0 spiro atoms. The Morgan fingerprint density at radius 2 is 2.21 bits per heavy atom. The monoisotopic (exact) mass is 198 g/mol. The van der Waals surface area contributed by atoms with Crippen molar-refractivity contribution in [3.63, 3.8) is 0 Å². The molecule has 0 aliphatic carbocycles. The van der Waals surface area contributed by atoms with E-state index in [0.29, 0.717) is 6.54 Å². The van der Waals surface area contributed by atoms with E-state index in [9.17, 15) is 4.79 Å². The summed E-state index contributed by atoms with van der Waals surface area (Å²) in [5, 5.41) is 12.3. The van der Waals surface area contributed by atoms with Gasteiger partial charge in [-0.15, -0.1) is 0 Å². The molecule has 2 heterocycles. The molecule has 4 nitrogen and oxygen atoms in total. The van der Waals surface area contributed by atoms with Gasteiger partial charge in [0.25, 0.3) is 0 Å². The minimum absolute atomic E-state index is 0.158. The Bertz CT molecular complexity index is 272. The van der Waals surface area contributed by atoms with Gasteiger partial charge in [-0.2, -0.15) is 0 Å². The second kappa shape index (κ2) is 2.63. The molecular formula is C10H18N2O2. The highest BCUT2D eigenvalue weighted by atomic mass is 16.4. The van der Waals surface area contributed by atoms with Gasteiger partial charge in [0.15, 0.2) is 0 Å². The van der Waals surface area contributed by atoms with Crippen molar-refractivity contribution < 1.29 is 9.90 Å². The number of rotatable bonds is 0. The van der Waals surface area contributed by atoms with Gasteiger partial charge in [0.2, 0.25) is 0 Å². The van der Waals surface area contributed by atoms with Crippen molar-refractivity contribution in [2.75, 3.05) is 19.6 Å². The molecule has 0 aromatic rings. The van der Waals surface area contributed by atoms with Gasteiger partial charge in [0, 0.05) is 25.0 Å². The second-order valence-corrected chi connectivity index (χ2v) is 5.46. The highest BCUT2D eigenvalue weighted by molar-refractivity contribution is 5.67. The summed E-state index contributed by atoms with van der Waals surface area (Å²) in [6.45, 7) is 9.04. The number of hydrogen-bond acceptors (Lipinski definition) is 2. The van der Waals surface area contributed by atoms with Gasteiger partial charge in [-0.05, 0) is 5.41 Å². The number of carbonyl (C=O) groups is 1. The normalized spacial score (nSPS) is 36.5. The smallest absolute Gasteiger partial charge is 0.407 e. The first-order valence-corrected chi connectivity index (χ1v) is 5.09. The van der Waals surface area contributed by atoms with Crippen molar-refractivity contribution in [2.24, 2.45) is 10.8 Å². The number of nitrogens with zero attached hydrogens (tertiary/aromatic N) is 1. The van der Waals surface area contributed by atoms with Crippen LogP contribution < -0.4 is 5.32 Å². The summed E-state index contributed by atoms with van der Waals surface area (Å²) in [5.74, 6) is 0. The maximum Gasteiger partial charge on any atom is 0.407 e. The van der Waals surface area contributed by atoms with Crippen LogP contribution in [0.15, 0.2) is 0 Å². The number of nitrogens with one attached hydrogen (secondary N) is 1. The third-order valence-corrected chi connectivity index (χ3v) is 3.98. The summed E-state index contributed by atoms with van der Waals surface area (Å²) >= 11 is 0. The third kappa shape index (κ3) is 1.00. The molecule has 14 heavy (non-hydrogen) atoms. The molecule has 2 aliphatic rings. The lowest BCUT2D eigenvalue weighted by Crippen LogP contribution is -2.70. The molecule has 2 atom stereocenters. The fraction of sp³-hybridized carbons (Fsp3) is 0.900. The molecule has 0 radical (unpaired) electrons. The number of amides is 1. The standard InChI is InChI=1S/C10H18N2O2/c1-9(2,3)10-5-11-4-7(10)12(6-10)8(13)14/h7,11H,4-6H2,1-3H3,(H,13,14)/t7-,10?/m0/s1. The van der Waals surface area contributed by atoms with E-state index in [0.717, 1.165) is 13.1 Å². The van der Waals surface area contributed by atoms with Crippen LogP contribution in [0.3, 0.4) is 0 Å². The summed E-state index contributed by atoms with van der Waals surface area (Å²) in [5.41, 5.74) is 0.332. The molecule has 4 heteroatoms. The lowest BCUT2D eigenvalue weighted by molar-refractivity contribution is -0.0903. The first-order chi connectivity index (χ1) is 6.38. The molecule has 0 bridgehead atoms. The Morgan fingerprint density at radius 1 is 1.57 bits per heavy atom. The number of fused-ring (bicyclic) bond motifs is 1. The molecule has 2 fully saturated rings. The molecule has 0 aromatic carbocycles. The van der Waals surface area contributed by atoms with Crippen LogP contribution in [0.25, 0.3) is 0 Å². The van der Waals surface area contributed by atoms with E-state index < -0.39 is 6.09 Å². The Balaban J connectivity index is 2.21. The zero-order valence-electron chi connectivity index (χ0n) is 9.00. The fourth-order valence-corrected chi connectivity index (χ4v) is 2.82. The highest BCUT2D eigenvalue weighted by Gasteiger charge is 2.62. The van der Waals surface area contributed by atoms with Crippen LogP contribution in [0, 0.1) is 10.8 Å². The summed E-state index contributed by atoms with van der Waals surface area (Å²) in [6.07, 6.45) is -0.779. The molecule has 2 rings (SSSR count). The van der Waals surface area contributed by atoms with Gasteiger partial charge >= 0.3 is 6.09 Å². The molecule has 1 unspecified atom stereocenters. The quantitative estimate of drug-likeness (QED) is 0.610. The molecule has 1 amide bonds. The molecular weight excluding hydrogens is 180 g/mol. The first kappa shape index (κ1) is 9.77. The van der Waals surface area contributed by atoms with Crippen molar-refractivity contribution in [1.29, 1.82) is 0 Å². The van der Waals surface area contributed by atoms with Crippen molar-refractivity contribution >= 4 is 6.09 Å². The summed E-state index contributed by atoms with van der Waals surface area (Å²) in [7, 11) is 0. The zero-order valence-corrected chi connectivity index (χ0v) is 9.00. The average molecular weight is 198 g/mol. The van der Waals surface area contributed by atoms with Crippen LogP contribution in [0.5, 0.6) is 0 Å². The van der Waals surface area contributed by atoms with Crippen LogP contribution in [0.1, 0.15) is 20.8 Å². The Hall–Kier alpha value is -0.770. The van der Waals surface area contributed by atoms with Gasteiger partial charge in [0.1, 0.15) is 0 Å². The summed E-state index contributed by atoms with van der Waals surface area (Å²) in [4.78, 5) is 12.5. The largest absolute Gasteiger partial charge is 0.465 e. The molecule has 0 aromatic heterocycles. The van der Waals surface area contributed by atoms with E-state index in [1.807, 2.05) is 0 Å².